The second-order valence-corrected chi connectivity index (χ2v) is 7.11. The summed E-state index contributed by atoms with van der Waals surface area (Å²) < 4.78 is 33.3. The molecule has 1 aliphatic rings. The first kappa shape index (κ1) is 17.4. The van der Waals surface area contributed by atoms with Gasteiger partial charge in [0.2, 0.25) is 0 Å². The first-order valence-electron chi connectivity index (χ1n) is 6.82. The lowest BCUT2D eigenvalue weighted by Crippen LogP contribution is -2.53. The normalized spacial score (nSPS) is 21.1. The van der Waals surface area contributed by atoms with Crippen molar-refractivity contribution in [2.45, 2.75) is 51.6 Å². The molecule has 1 heterocycles. The van der Waals surface area contributed by atoms with Crippen molar-refractivity contribution < 1.29 is 23.1 Å². The van der Waals surface area contributed by atoms with E-state index in [9.17, 15) is 13.2 Å². The molecule has 118 valence electrons. The van der Waals surface area contributed by atoms with Gasteiger partial charge in [0.25, 0.3) is 10.2 Å². The number of rotatable bonds is 7. The number of hydrogen-bond acceptors (Lipinski definition) is 5. The third kappa shape index (κ3) is 4.41. The predicted octanol–water partition coefficient (Wildman–Crippen LogP) is 0.00930. The highest BCUT2D eigenvalue weighted by molar-refractivity contribution is 7.87. The van der Waals surface area contributed by atoms with Crippen LogP contribution in [-0.4, -0.2) is 55.1 Å². The van der Waals surface area contributed by atoms with Crippen LogP contribution in [0.25, 0.3) is 0 Å². The van der Waals surface area contributed by atoms with E-state index in [0.29, 0.717) is 25.8 Å². The minimum atomic E-state index is -3.78. The van der Waals surface area contributed by atoms with E-state index in [1.807, 2.05) is 0 Å². The van der Waals surface area contributed by atoms with E-state index in [1.54, 1.807) is 20.8 Å². The lowest BCUT2D eigenvalue weighted by Gasteiger charge is -2.30. The standard InChI is InChI=1S/C12H24N2O5S/c1-4-19-11(16)10-6-5-8-14(10)20(17,18)13-12(2,3)7-9-15/h10,13,15H,4-9H2,1-3H3. The van der Waals surface area contributed by atoms with Gasteiger partial charge >= 0.3 is 5.97 Å². The van der Waals surface area contributed by atoms with Gasteiger partial charge in [0.1, 0.15) is 6.04 Å². The lowest BCUT2D eigenvalue weighted by molar-refractivity contribution is -0.146. The van der Waals surface area contributed by atoms with Crippen LogP contribution in [0.3, 0.4) is 0 Å². The molecule has 0 bridgehead atoms. The quantitative estimate of drug-likeness (QED) is 0.646. The minimum absolute atomic E-state index is 0.114. The van der Waals surface area contributed by atoms with Crippen LogP contribution >= 0.6 is 0 Å². The molecule has 0 spiro atoms. The average molecular weight is 308 g/mol. The number of hydrogen-bond donors (Lipinski definition) is 2. The summed E-state index contributed by atoms with van der Waals surface area (Å²) in [5, 5.41) is 8.95. The van der Waals surface area contributed by atoms with Crippen molar-refractivity contribution in [3.05, 3.63) is 0 Å². The molecule has 0 aliphatic carbocycles. The summed E-state index contributed by atoms with van der Waals surface area (Å²) in [7, 11) is -3.78. The van der Waals surface area contributed by atoms with Gasteiger partial charge in [-0.05, 0) is 40.0 Å². The number of carbonyl (C=O) groups excluding carboxylic acids is 1. The van der Waals surface area contributed by atoms with Gasteiger partial charge < -0.3 is 9.84 Å². The fraction of sp³-hybridized carbons (Fsp3) is 0.917. The van der Waals surface area contributed by atoms with E-state index < -0.39 is 27.8 Å². The van der Waals surface area contributed by atoms with E-state index in [-0.39, 0.29) is 13.2 Å². The summed E-state index contributed by atoms with van der Waals surface area (Å²) in [5.41, 5.74) is -0.768. The van der Waals surface area contributed by atoms with Gasteiger partial charge in [-0.25, -0.2) is 0 Å². The summed E-state index contributed by atoms with van der Waals surface area (Å²) in [6.45, 7) is 5.48. The Bertz CT molecular complexity index is 435. The van der Waals surface area contributed by atoms with Crippen LogP contribution in [0.4, 0.5) is 0 Å². The van der Waals surface area contributed by atoms with Gasteiger partial charge in [-0.1, -0.05) is 0 Å². The van der Waals surface area contributed by atoms with Crippen molar-refractivity contribution in [3.63, 3.8) is 0 Å². The average Bonchev–Trinajstić information content (AvgIpc) is 2.76. The van der Waals surface area contributed by atoms with Crippen LogP contribution in [-0.2, 0) is 19.7 Å². The summed E-state index contributed by atoms with van der Waals surface area (Å²) in [5.74, 6) is -0.504. The first-order chi connectivity index (χ1) is 9.23. The molecule has 1 aliphatic heterocycles. The number of nitrogens with one attached hydrogen (secondary N) is 1. The van der Waals surface area contributed by atoms with Crippen LogP contribution < -0.4 is 4.72 Å². The van der Waals surface area contributed by atoms with Crippen molar-refractivity contribution >= 4 is 16.2 Å². The summed E-state index contributed by atoms with van der Waals surface area (Å²) in [4.78, 5) is 11.8. The van der Waals surface area contributed by atoms with Gasteiger partial charge in [0, 0.05) is 18.7 Å². The molecule has 0 saturated carbocycles. The molecule has 1 unspecified atom stereocenters. The summed E-state index contributed by atoms with van der Waals surface area (Å²) in [6.07, 6.45) is 1.40. The lowest BCUT2D eigenvalue weighted by atomic mass is 10.0. The van der Waals surface area contributed by atoms with E-state index in [0.717, 1.165) is 4.31 Å². The number of aliphatic hydroxyl groups excluding tert-OH is 1. The Kier molecular flexibility index (Phi) is 5.93. The fourth-order valence-corrected chi connectivity index (χ4v) is 4.05. The molecule has 0 amide bonds. The van der Waals surface area contributed by atoms with E-state index >= 15 is 0 Å². The van der Waals surface area contributed by atoms with Crippen LogP contribution in [0.2, 0.25) is 0 Å². The van der Waals surface area contributed by atoms with Crippen LogP contribution in [0, 0.1) is 0 Å². The monoisotopic (exact) mass is 308 g/mol. The Labute approximate surface area is 120 Å². The molecular weight excluding hydrogens is 284 g/mol. The smallest absolute Gasteiger partial charge is 0.324 e. The van der Waals surface area contributed by atoms with Gasteiger partial charge in [-0.2, -0.15) is 17.4 Å². The van der Waals surface area contributed by atoms with Gasteiger partial charge in [-0.3, -0.25) is 4.79 Å². The molecule has 1 atom stereocenters. The van der Waals surface area contributed by atoms with Crippen LogP contribution in [0.1, 0.15) is 40.0 Å². The van der Waals surface area contributed by atoms with Gasteiger partial charge in [-0.15, -0.1) is 0 Å². The Hall–Kier alpha value is -0.700. The maximum absolute atomic E-state index is 12.4. The highest BCUT2D eigenvalue weighted by Crippen LogP contribution is 2.23. The van der Waals surface area contributed by atoms with Gasteiger partial charge in [0.15, 0.2) is 0 Å². The molecule has 1 rings (SSSR count). The van der Waals surface area contributed by atoms with Crippen LogP contribution in [0.15, 0.2) is 0 Å². The second-order valence-electron chi connectivity index (χ2n) is 5.49. The van der Waals surface area contributed by atoms with Gasteiger partial charge in [0.05, 0.1) is 6.61 Å². The Balaban J connectivity index is 2.83. The SMILES string of the molecule is CCOC(=O)C1CCCN1S(=O)(=O)NC(C)(C)CCO. The molecule has 0 aromatic carbocycles. The number of esters is 1. The van der Waals surface area contributed by atoms with Crippen molar-refractivity contribution in [1.82, 2.24) is 9.03 Å². The molecule has 1 saturated heterocycles. The van der Waals surface area contributed by atoms with E-state index in [1.165, 1.54) is 0 Å². The third-order valence-corrected chi connectivity index (χ3v) is 5.08. The second kappa shape index (κ2) is 6.84. The Morgan fingerprint density at radius 2 is 2.15 bits per heavy atom. The Morgan fingerprint density at radius 3 is 2.70 bits per heavy atom. The number of carbonyl (C=O) groups is 1. The number of aliphatic hydroxyl groups is 1. The molecule has 8 heteroatoms. The molecule has 7 nitrogen and oxygen atoms in total. The molecule has 0 radical (unpaired) electrons. The number of ether oxygens (including phenoxy) is 1. The Morgan fingerprint density at radius 1 is 1.50 bits per heavy atom. The third-order valence-electron chi connectivity index (χ3n) is 3.21. The summed E-state index contributed by atoms with van der Waals surface area (Å²) in [6, 6.07) is -0.752. The molecule has 2 N–H and O–H groups in total. The maximum atomic E-state index is 12.4. The zero-order chi connectivity index (χ0) is 15.4. The highest BCUT2D eigenvalue weighted by atomic mass is 32.2. The number of nitrogens with zero attached hydrogens (tertiary/aromatic N) is 1. The molecule has 0 aromatic heterocycles. The maximum Gasteiger partial charge on any atom is 0.324 e. The first-order valence-corrected chi connectivity index (χ1v) is 8.26. The topological polar surface area (TPSA) is 95.9 Å². The minimum Gasteiger partial charge on any atom is -0.465 e. The molecule has 20 heavy (non-hydrogen) atoms. The predicted molar refractivity (Wildman–Crippen MR) is 74.2 cm³/mol. The fourth-order valence-electron chi connectivity index (χ4n) is 2.24. The van der Waals surface area contributed by atoms with Crippen molar-refractivity contribution in [2.24, 2.45) is 0 Å². The zero-order valence-corrected chi connectivity index (χ0v) is 13.1. The molecule has 0 aromatic rings. The highest BCUT2D eigenvalue weighted by Gasteiger charge is 2.41. The van der Waals surface area contributed by atoms with Crippen molar-refractivity contribution in [2.75, 3.05) is 19.8 Å². The van der Waals surface area contributed by atoms with Crippen molar-refractivity contribution in [3.8, 4) is 0 Å². The van der Waals surface area contributed by atoms with E-state index in [4.69, 9.17) is 9.84 Å². The molecular formula is C12H24N2O5S. The summed E-state index contributed by atoms with van der Waals surface area (Å²) >= 11 is 0. The largest absolute Gasteiger partial charge is 0.465 e. The molecule has 1 fully saturated rings. The van der Waals surface area contributed by atoms with E-state index in [2.05, 4.69) is 4.72 Å². The van der Waals surface area contributed by atoms with Crippen molar-refractivity contribution in [1.29, 1.82) is 0 Å². The zero-order valence-electron chi connectivity index (χ0n) is 12.3. The van der Waals surface area contributed by atoms with Crippen LogP contribution in [0.5, 0.6) is 0 Å².